The Labute approximate surface area is 254 Å². The second-order valence-corrected chi connectivity index (χ2v) is 10.4. The number of hydrogen-bond acceptors (Lipinski definition) is 6. The molecular weight excluding hydrogens is 540 g/mol. The van der Waals surface area contributed by atoms with Crippen LogP contribution in [-0.2, 0) is 54.8 Å². The highest BCUT2D eigenvalue weighted by molar-refractivity contribution is 5.16. The molecule has 43 heavy (non-hydrogen) atoms. The molecule has 224 valence electrons. The van der Waals surface area contributed by atoms with Crippen LogP contribution in [0, 0.1) is 0 Å². The zero-order valence-electron chi connectivity index (χ0n) is 24.4. The molecule has 0 aliphatic carbocycles. The van der Waals surface area contributed by atoms with Gasteiger partial charge in [0.15, 0.2) is 6.29 Å². The summed E-state index contributed by atoms with van der Waals surface area (Å²) < 4.78 is 38.8. The summed E-state index contributed by atoms with van der Waals surface area (Å²) in [4.78, 5) is 0. The SMILES string of the molecule is C=CCO[C@@H]1[C@@H](OCc2ccccc2)[C@H](OCc2ccccc2)O[C@H](COCc2ccccc2)[C@H]1OCc1ccccc1. The molecule has 0 aromatic heterocycles. The molecule has 0 spiro atoms. The van der Waals surface area contributed by atoms with Gasteiger partial charge in [0.1, 0.15) is 24.4 Å². The van der Waals surface area contributed by atoms with Crippen molar-refractivity contribution >= 4 is 0 Å². The molecular formula is C37H40O6. The maximum atomic E-state index is 6.66. The second kappa shape index (κ2) is 16.9. The lowest BCUT2D eigenvalue weighted by atomic mass is 9.98. The standard InChI is InChI=1S/C37H40O6/c1-2-23-39-35-34(40-25-30-17-9-4-10-18-30)33(28-38-24-29-15-7-3-8-16-29)43-37(42-27-32-21-13-6-14-22-32)36(35)41-26-31-19-11-5-12-20-31/h2-22,33-37H,1,23-28H2/t33-,34-,35+,36-,37-/m1/s1. The highest BCUT2D eigenvalue weighted by atomic mass is 16.7. The molecule has 0 unspecified atom stereocenters. The summed E-state index contributed by atoms with van der Waals surface area (Å²) in [6.45, 7) is 6.07. The summed E-state index contributed by atoms with van der Waals surface area (Å²) in [5.41, 5.74) is 4.22. The van der Waals surface area contributed by atoms with Gasteiger partial charge in [0.25, 0.3) is 0 Å². The van der Waals surface area contributed by atoms with Crippen molar-refractivity contribution in [1.29, 1.82) is 0 Å². The molecule has 5 atom stereocenters. The van der Waals surface area contributed by atoms with Gasteiger partial charge >= 0.3 is 0 Å². The van der Waals surface area contributed by atoms with Crippen LogP contribution in [0.1, 0.15) is 22.3 Å². The number of ether oxygens (including phenoxy) is 6. The zero-order chi connectivity index (χ0) is 29.5. The van der Waals surface area contributed by atoms with Gasteiger partial charge in [-0.2, -0.15) is 0 Å². The average molecular weight is 581 g/mol. The molecule has 5 rings (SSSR count). The van der Waals surface area contributed by atoms with Crippen molar-refractivity contribution in [3.05, 3.63) is 156 Å². The quantitative estimate of drug-likeness (QED) is 0.135. The molecule has 0 N–H and O–H groups in total. The molecule has 0 radical (unpaired) electrons. The van der Waals surface area contributed by atoms with E-state index in [1.54, 1.807) is 6.08 Å². The first-order chi connectivity index (χ1) is 21.3. The Morgan fingerprint density at radius 3 is 1.44 bits per heavy atom. The van der Waals surface area contributed by atoms with Crippen LogP contribution in [0.25, 0.3) is 0 Å². The van der Waals surface area contributed by atoms with E-state index in [0.29, 0.717) is 39.6 Å². The lowest BCUT2D eigenvalue weighted by Crippen LogP contribution is -2.61. The molecule has 6 nitrogen and oxygen atoms in total. The number of hydrogen-bond donors (Lipinski definition) is 0. The van der Waals surface area contributed by atoms with Crippen LogP contribution in [0.2, 0.25) is 0 Å². The Morgan fingerprint density at radius 1 is 0.512 bits per heavy atom. The van der Waals surface area contributed by atoms with E-state index in [9.17, 15) is 0 Å². The van der Waals surface area contributed by atoms with Crippen molar-refractivity contribution in [3.8, 4) is 0 Å². The number of benzene rings is 4. The molecule has 0 saturated carbocycles. The van der Waals surface area contributed by atoms with Crippen LogP contribution in [0.4, 0.5) is 0 Å². The fraction of sp³-hybridized carbons (Fsp3) is 0.297. The van der Waals surface area contributed by atoms with E-state index in [0.717, 1.165) is 22.3 Å². The predicted molar refractivity (Wildman–Crippen MR) is 166 cm³/mol. The van der Waals surface area contributed by atoms with Crippen LogP contribution in [-0.4, -0.2) is 43.9 Å². The van der Waals surface area contributed by atoms with Gasteiger partial charge in [0.2, 0.25) is 0 Å². The summed E-state index contributed by atoms with van der Waals surface area (Å²) in [7, 11) is 0. The first-order valence-corrected chi connectivity index (χ1v) is 14.8. The molecule has 1 aliphatic rings. The van der Waals surface area contributed by atoms with Gasteiger partial charge < -0.3 is 28.4 Å². The van der Waals surface area contributed by atoms with E-state index < -0.39 is 30.7 Å². The van der Waals surface area contributed by atoms with Crippen LogP contribution in [0.5, 0.6) is 0 Å². The van der Waals surface area contributed by atoms with Crippen molar-refractivity contribution in [2.24, 2.45) is 0 Å². The van der Waals surface area contributed by atoms with Crippen molar-refractivity contribution in [3.63, 3.8) is 0 Å². The third-order valence-corrected chi connectivity index (χ3v) is 7.22. The van der Waals surface area contributed by atoms with E-state index in [1.807, 2.05) is 121 Å². The molecule has 0 amide bonds. The summed E-state index contributed by atoms with van der Waals surface area (Å²) in [5, 5.41) is 0. The molecule has 1 heterocycles. The molecule has 4 aromatic rings. The molecule has 6 heteroatoms. The fourth-order valence-electron chi connectivity index (χ4n) is 5.05. The Balaban J connectivity index is 1.40. The summed E-state index contributed by atoms with van der Waals surface area (Å²) >= 11 is 0. The smallest absolute Gasteiger partial charge is 0.187 e. The van der Waals surface area contributed by atoms with Gasteiger partial charge in [-0.25, -0.2) is 0 Å². The van der Waals surface area contributed by atoms with Crippen molar-refractivity contribution in [2.45, 2.75) is 57.1 Å². The number of rotatable bonds is 16. The Bertz CT molecular complexity index is 1320. The summed E-state index contributed by atoms with van der Waals surface area (Å²) in [5.74, 6) is 0. The van der Waals surface area contributed by atoms with Gasteiger partial charge in [-0.3, -0.25) is 0 Å². The maximum Gasteiger partial charge on any atom is 0.187 e. The monoisotopic (exact) mass is 580 g/mol. The van der Waals surface area contributed by atoms with Gasteiger partial charge in [0, 0.05) is 0 Å². The van der Waals surface area contributed by atoms with Crippen LogP contribution in [0.15, 0.2) is 134 Å². The van der Waals surface area contributed by atoms with E-state index in [4.69, 9.17) is 28.4 Å². The van der Waals surface area contributed by atoms with Crippen molar-refractivity contribution in [2.75, 3.05) is 13.2 Å². The van der Waals surface area contributed by atoms with Crippen LogP contribution in [0.3, 0.4) is 0 Å². The minimum Gasteiger partial charge on any atom is -0.374 e. The normalized spacial score (nSPS) is 21.8. The Hall–Kier alpha value is -3.62. The van der Waals surface area contributed by atoms with Crippen LogP contribution < -0.4 is 0 Å². The molecule has 1 aliphatic heterocycles. The first kappa shape index (κ1) is 30.8. The minimum absolute atomic E-state index is 0.291. The molecule has 1 fully saturated rings. The highest BCUT2D eigenvalue weighted by Gasteiger charge is 2.49. The average Bonchev–Trinajstić information content (AvgIpc) is 3.07. The minimum atomic E-state index is -0.722. The lowest BCUT2D eigenvalue weighted by molar-refractivity contribution is -0.328. The lowest BCUT2D eigenvalue weighted by Gasteiger charge is -2.45. The zero-order valence-corrected chi connectivity index (χ0v) is 24.4. The van der Waals surface area contributed by atoms with Crippen molar-refractivity contribution < 1.29 is 28.4 Å². The summed E-state index contributed by atoms with van der Waals surface area (Å²) in [6, 6.07) is 40.2. The largest absolute Gasteiger partial charge is 0.374 e. The van der Waals surface area contributed by atoms with Gasteiger partial charge in [0.05, 0.1) is 39.6 Å². The van der Waals surface area contributed by atoms with Crippen LogP contribution >= 0.6 is 0 Å². The van der Waals surface area contributed by atoms with Gasteiger partial charge in [-0.1, -0.05) is 127 Å². The Kier molecular flexibility index (Phi) is 12.1. The van der Waals surface area contributed by atoms with E-state index in [2.05, 4.69) is 6.58 Å². The Morgan fingerprint density at radius 2 is 0.953 bits per heavy atom. The second-order valence-electron chi connectivity index (χ2n) is 10.4. The topological polar surface area (TPSA) is 55.4 Å². The third kappa shape index (κ3) is 9.43. The van der Waals surface area contributed by atoms with E-state index >= 15 is 0 Å². The maximum absolute atomic E-state index is 6.66. The highest BCUT2D eigenvalue weighted by Crippen LogP contribution is 2.31. The van der Waals surface area contributed by atoms with Crippen molar-refractivity contribution in [1.82, 2.24) is 0 Å². The van der Waals surface area contributed by atoms with E-state index in [-0.39, 0.29) is 0 Å². The molecule has 0 bridgehead atoms. The van der Waals surface area contributed by atoms with E-state index in [1.165, 1.54) is 0 Å². The van der Waals surface area contributed by atoms with Gasteiger partial charge in [-0.05, 0) is 22.3 Å². The first-order valence-electron chi connectivity index (χ1n) is 14.8. The predicted octanol–water partition coefficient (Wildman–Crippen LogP) is 6.89. The fourth-order valence-corrected chi connectivity index (χ4v) is 5.05. The summed E-state index contributed by atoms with van der Waals surface area (Å²) in [6.07, 6.45) is -1.03. The van der Waals surface area contributed by atoms with Gasteiger partial charge in [-0.15, -0.1) is 6.58 Å². The molecule has 4 aromatic carbocycles. The molecule has 1 saturated heterocycles. The third-order valence-electron chi connectivity index (χ3n) is 7.22.